The van der Waals surface area contributed by atoms with E-state index in [2.05, 4.69) is 5.32 Å². The molecule has 4 rings (SSSR count). The van der Waals surface area contributed by atoms with Crippen LogP contribution in [0.5, 0.6) is 11.5 Å². The quantitative estimate of drug-likeness (QED) is 0.294. The molecule has 0 bridgehead atoms. The topological polar surface area (TPSA) is 91.7 Å². The number of hydrogen-bond donors (Lipinski definition) is 1. The maximum absolute atomic E-state index is 13.5. The smallest absolute Gasteiger partial charge is 0.264 e. The number of nitrogens with one attached hydrogen (secondary N) is 1. The number of para-hydroxylation sites is 1. The van der Waals surface area contributed by atoms with Gasteiger partial charge < -0.3 is 14.8 Å². The minimum atomic E-state index is -0.531. The van der Waals surface area contributed by atoms with Gasteiger partial charge in [0.15, 0.2) is 11.5 Å². The number of rotatable bonds is 9. The van der Waals surface area contributed by atoms with Crippen LogP contribution in [0.4, 0.5) is 5.69 Å². The average molecular weight is 548 g/mol. The standard InChI is InChI=1S/C29H26ClN3O4S/c1-36-24-13-10-20(16-25(24)37-2)14-15-32-27(34)23(18-31)29-33(22-6-4-3-5-7-22)28(35)26(38-29)17-19-8-11-21(30)12-9-19/h3-13,16,26H,14-15,17H2,1-2H3,(H,32,34)/b29-23+/t26-/m0/s1. The van der Waals surface area contributed by atoms with Crippen LogP contribution in [0.1, 0.15) is 11.1 Å². The van der Waals surface area contributed by atoms with Crippen molar-refractivity contribution < 1.29 is 19.1 Å². The third-order valence-corrected chi connectivity index (χ3v) is 7.52. The maximum Gasteiger partial charge on any atom is 0.264 e. The first kappa shape index (κ1) is 27.1. The molecule has 194 valence electrons. The largest absolute Gasteiger partial charge is 0.493 e. The van der Waals surface area contributed by atoms with E-state index in [1.165, 1.54) is 16.7 Å². The van der Waals surface area contributed by atoms with Gasteiger partial charge in [0.1, 0.15) is 16.7 Å². The molecule has 2 amide bonds. The molecular formula is C29H26ClN3O4S. The van der Waals surface area contributed by atoms with Crippen LogP contribution in [0, 0.1) is 11.3 Å². The molecule has 9 heteroatoms. The summed E-state index contributed by atoms with van der Waals surface area (Å²) < 4.78 is 10.6. The number of nitriles is 1. The molecule has 1 aliphatic heterocycles. The van der Waals surface area contributed by atoms with Crippen LogP contribution in [0.2, 0.25) is 5.02 Å². The number of amides is 2. The normalized spacial score (nSPS) is 16.1. The van der Waals surface area contributed by atoms with Gasteiger partial charge in [-0.25, -0.2) is 0 Å². The lowest BCUT2D eigenvalue weighted by molar-refractivity contribution is -0.117. The Hall–Kier alpha value is -3.93. The van der Waals surface area contributed by atoms with Crippen molar-refractivity contribution in [1.29, 1.82) is 5.26 Å². The first-order valence-corrected chi connectivity index (χ1v) is 13.1. The molecular weight excluding hydrogens is 522 g/mol. The van der Waals surface area contributed by atoms with Crippen LogP contribution < -0.4 is 19.7 Å². The first-order valence-electron chi connectivity index (χ1n) is 11.9. The predicted octanol–water partition coefficient (Wildman–Crippen LogP) is 5.14. The molecule has 0 aliphatic carbocycles. The monoisotopic (exact) mass is 547 g/mol. The molecule has 38 heavy (non-hydrogen) atoms. The van der Waals surface area contributed by atoms with E-state index in [0.717, 1.165) is 11.1 Å². The summed E-state index contributed by atoms with van der Waals surface area (Å²) in [5.41, 5.74) is 2.38. The van der Waals surface area contributed by atoms with Crippen molar-refractivity contribution in [2.75, 3.05) is 25.7 Å². The van der Waals surface area contributed by atoms with E-state index in [4.69, 9.17) is 21.1 Å². The molecule has 1 heterocycles. The fourth-order valence-electron chi connectivity index (χ4n) is 4.08. The predicted molar refractivity (Wildman–Crippen MR) is 149 cm³/mol. The number of halogens is 1. The first-order chi connectivity index (χ1) is 18.4. The SMILES string of the molecule is COc1ccc(CCNC(=O)/C(C#N)=C2/S[C@@H](Cc3ccc(Cl)cc3)C(=O)N2c2ccccc2)cc1OC. The van der Waals surface area contributed by atoms with Crippen molar-refractivity contribution in [2.24, 2.45) is 0 Å². The number of ether oxygens (including phenoxy) is 2. The van der Waals surface area contributed by atoms with Gasteiger partial charge in [-0.05, 0) is 60.4 Å². The molecule has 1 aliphatic rings. The zero-order valence-corrected chi connectivity index (χ0v) is 22.5. The molecule has 3 aromatic rings. The van der Waals surface area contributed by atoms with E-state index >= 15 is 0 Å². The lowest BCUT2D eigenvalue weighted by Crippen LogP contribution is -2.32. The molecule has 1 fully saturated rings. The van der Waals surface area contributed by atoms with Gasteiger partial charge in [-0.1, -0.05) is 59.8 Å². The summed E-state index contributed by atoms with van der Waals surface area (Å²) >= 11 is 7.24. The summed E-state index contributed by atoms with van der Waals surface area (Å²) in [6.45, 7) is 0.297. The van der Waals surface area contributed by atoms with Crippen molar-refractivity contribution >= 4 is 40.9 Å². The van der Waals surface area contributed by atoms with E-state index < -0.39 is 11.2 Å². The highest BCUT2D eigenvalue weighted by Crippen LogP contribution is 2.42. The third-order valence-electron chi connectivity index (χ3n) is 6.00. The summed E-state index contributed by atoms with van der Waals surface area (Å²) in [5.74, 6) is 0.504. The summed E-state index contributed by atoms with van der Waals surface area (Å²) in [7, 11) is 3.13. The Labute approximate surface area is 231 Å². The number of methoxy groups -OCH3 is 2. The molecule has 3 aromatic carbocycles. The van der Waals surface area contributed by atoms with E-state index in [1.54, 1.807) is 44.6 Å². The summed E-state index contributed by atoms with van der Waals surface area (Å²) in [4.78, 5) is 28.2. The Bertz CT molecular complexity index is 1390. The number of carbonyl (C=O) groups excluding carboxylic acids is 2. The van der Waals surface area contributed by atoms with Gasteiger partial charge in [-0.3, -0.25) is 14.5 Å². The highest BCUT2D eigenvalue weighted by atomic mass is 35.5. The van der Waals surface area contributed by atoms with Gasteiger partial charge >= 0.3 is 0 Å². The van der Waals surface area contributed by atoms with Crippen LogP contribution in [0.3, 0.4) is 0 Å². The Balaban J connectivity index is 1.55. The third kappa shape index (κ3) is 6.13. The molecule has 1 N–H and O–H groups in total. The maximum atomic E-state index is 13.5. The minimum Gasteiger partial charge on any atom is -0.493 e. The molecule has 0 unspecified atom stereocenters. The number of hydrogen-bond acceptors (Lipinski definition) is 6. The number of carbonyl (C=O) groups is 2. The summed E-state index contributed by atoms with van der Waals surface area (Å²) in [6, 6.07) is 23.9. The fraction of sp³-hybridized carbons (Fsp3) is 0.207. The van der Waals surface area contributed by atoms with Gasteiger partial charge in [-0.15, -0.1) is 0 Å². The zero-order valence-electron chi connectivity index (χ0n) is 20.9. The van der Waals surface area contributed by atoms with Crippen molar-refractivity contribution in [1.82, 2.24) is 5.32 Å². The van der Waals surface area contributed by atoms with Crippen LogP contribution in [-0.4, -0.2) is 37.8 Å². The highest BCUT2D eigenvalue weighted by molar-refractivity contribution is 8.05. The Morgan fingerprint density at radius 1 is 1.03 bits per heavy atom. The second-order valence-electron chi connectivity index (χ2n) is 8.43. The molecule has 1 atom stereocenters. The van der Waals surface area contributed by atoms with Gasteiger partial charge in [-0.2, -0.15) is 5.26 Å². The van der Waals surface area contributed by atoms with Crippen LogP contribution in [-0.2, 0) is 22.4 Å². The number of thioether (sulfide) groups is 1. The molecule has 0 spiro atoms. The second-order valence-corrected chi connectivity index (χ2v) is 10.1. The Morgan fingerprint density at radius 3 is 2.37 bits per heavy atom. The number of benzene rings is 3. The van der Waals surface area contributed by atoms with Crippen LogP contribution >= 0.6 is 23.4 Å². The highest BCUT2D eigenvalue weighted by Gasteiger charge is 2.40. The van der Waals surface area contributed by atoms with Crippen molar-refractivity contribution in [3.05, 3.63) is 99.5 Å². The fourth-order valence-corrected chi connectivity index (χ4v) is 5.51. The molecule has 0 saturated carbocycles. The second kappa shape index (κ2) is 12.5. The Kier molecular flexibility index (Phi) is 8.95. The summed E-state index contributed by atoms with van der Waals surface area (Å²) in [6.07, 6.45) is 0.959. The number of nitrogens with zero attached hydrogens (tertiary/aromatic N) is 2. The molecule has 1 saturated heterocycles. The zero-order chi connectivity index (χ0) is 27.1. The van der Waals surface area contributed by atoms with Gasteiger partial charge in [0, 0.05) is 17.3 Å². The molecule has 7 nitrogen and oxygen atoms in total. The molecule has 0 aromatic heterocycles. The van der Waals surface area contributed by atoms with Crippen LogP contribution in [0.15, 0.2) is 83.4 Å². The van der Waals surface area contributed by atoms with Crippen LogP contribution in [0.25, 0.3) is 0 Å². The number of anilines is 1. The van der Waals surface area contributed by atoms with Gasteiger partial charge in [0.2, 0.25) is 5.91 Å². The van der Waals surface area contributed by atoms with Crippen molar-refractivity contribution in [3.8, 4) is 17.6 Å². The summed E-state index contributed by atoms with van der Waals surface area (Å²) in [5, 5.41) is 13.3. The Morgan fingerprint density at radius 2 is 1.71 bits per heavy atom. The van der Waals surface area contributed by atoms with E-state index in [-0.39, 0.29) is 11.5 Å². The minimum absolute atomic E-state index is 0.0990. The van der Waals surface area contributed by atoms with E-state index in [1.807, 2.05) is 48.5 Å². The average Bonchev–Trinajstić information content (AvgIpc) is 3.25. The lowest BCUT2D eigenvalue weighted by atomic mass is 10.1. The van der Waals surface area contributed by atoms with Crippen molar-refractivity contribution in [3.63, 3.8) is 0 Å². The van der Waals surface area contributed by atoms with E-state index in [9.17, 15) is 14.9 Å². The van der Waals surface area contributed by atoms with Gasteiger partial charge in [0.05, 0.1) is 19.5 Å². The van der Waals surface area contributed by atoms with Crippen molar-refractivity contribution in [2.45, 2.75) is 18.1 Å². The lowest BCUT2D eigenvalue weighted by Gasteiger charge is -2.18. The van der Waals surface area contributed by atoms with Gasteiger partial charge in [0.25, 0.3) is 5.91 Å². The van der Waals surface area contributed by atoms with E-state index in [0.29, 0.717) is 46.6 Å². The molecule has 0 radical (unpaired) electrons.